The number of nitrogens with zero attached hydrogens (tertiary/aromatic N) is 3. The number of hydrogen-bond acceptors (Lipinski definition) is 6. The topological polar surface area (TPSA) is 87.6 Å². The summed E-state index contributed by atoms with van der Waals surface area (Å²) in [5, 5.41) is 12.6. The summed E-state index contributed by atoms with van der Waals surface area (Å²) in [7, 11) is 0. The van der Waals surface area contributed by atoms with Gasteiger partial charge in [0, 0.05) is 24.8 Å². The highest BCUT2D eigenvalue weighted by Gasteiger charge is 2.19. The van der Waals surface area contributed by atoms with Gasteiger partial charge in [-0.1, -0.05) is 37.3 Å². The molecule has 1 aliphatic rings. The fourth-order valence-electron chi connectivity index (χ4n) is 2.93. The van der Waals surface area contributed by atoms with Gasteiger partial charge in [0.15, 0.2) is 0 Å². The minimum atomic E-state index is -0.857. The lowest BCUT2D eigenvalue weighted by molar-refractivity contribution is -0.137. The van der Waals surface area contributed by atoms with E-state index < -0.39 is 5.97 Å². The average Bonchev–Trinajstić information content (AvgIpc) is 2.68. The molecule has 1 saturated heterocycles. The third-order valence-electron chi connectivity index (χ3n) is 4.33. The van der Waals surface area contributed by atoms with E-state index >= 15 is 0 Å². The highest BCUT2D eigenvalue weighted by Crippen LogP contribution is 2.24. The predicted molar refractivity (Wildman–Crippen MR) is 99.5 cm³/mol. The van der Waals surface area contributed by atoms with Gasteiger partial charge in [-0.2, -0.15) is 4.98 Å². The summed E-state index contributed by atoms with van der Waals surface area (Å²) in [6, 6.07) is 11.1. The van der Waals surface area contributed by atoms with Crippen LogP contribution >= 0.6 is 0 Å². The van der Waals surface area contributed by atoms with Crippen molar-refractivity contribution in [1.29, 1.82) is 0 Å². The second-order valence-electron chi connectivity index (χ2n) is 6.20. The lowest BCUT2D eigenvalue weighted by Gasteiger charge is -2.28. The maximum Gasteiger partial charge on any atom is 0.305 e. The van der Waals surface area contributed by atoms with Gasteiger partial charge in [0.1, 0.15) is 5.82 Å². The highest BCUT2D eigenvalue weighted by molar-refractivity contribution is 5.68. The highest BCUT2D eigenvalue weighted by atomic mass is 16.5. The van der Waals surface area contributed by atoms with Crippen molar-refractivity contribution >= 4 is 17.7 Å². The molecule has 1 aliphatic heterocycles. The number of rotatable bonds is 7. The molecular weight excluding hydrogens is 332 g/mol. The first-order valence-electron chi connectivity index (χ1n) is 8.89. The first-order valence-corrected chi connectivity index (χ1v) is 8.89. The lowest BCUT2D eigenvalue weighted by Crippen LogP contribution is -2.37. The molecule has 0 bridgehead atoms. The van der Waals surface area contributed by atoms with Crippen LogP contribution in [0.3, 0.4) is 0 Å². The summed E-state index contributed by atoms with van der Waals surface area (Å²) >= 11 is 0. The molecule has 1 aromatic carbocycles. The number of aryl methyl sites for hydroxylation is 1. The van der Waals surface area contributed by atoms with Crippen LogP contribution in [-0.4, -0.2) is 47.3 Å². The number of carbonyl (C=O) groups is 1. The molecule has 0 spiro atoms. The van der Waals surface area contributed by atoms with Crippen molar-refractivity contribution in [3.8, 4) is 0 Å². The van der Waals surface area contributed by atoms with Crippen LogP contribution in [0, 0.1) is 0 Å². The number of aliphatic carboxylic acids is 1. The number of nitrogens with one attached hydrogen (secondary N) is 1. The Bertz CT molecular complexity index is 733. The number of hydrogen-bond donors (Lipinski definition) is 2. The smallest absolute Gasteiger partial charge is 0.305 e. The Balaban J connectivity index is 1.87. The molecule has 7 nitrogen and oxygen atoms in total. The summed E-state index contributed by atoms with van der Waals surface area (Å²) in [5.74, 6) is 0.454. The first kappa shape index (κ1) is 18.1. The third kappa shape index (κ3) is 4.70. The van der Waals surface area contributed by atoms with E-state index in [1.165, 1.54) is 0 Å². The van der Waals surface area contributed by atoms with Crippen LogP contribution in [0.2, 0.25) is 0 Å². The molecular formula is C19H24N4O3. The van der Waals surface area contributed by atoms with Crippen LogP contribution in [-0.2, 0) is 16.0 Å². The molecule has 7 heteroatoms. The van der Waals surface area contributed by atoms with Gasteiger partial charge in [-0.3, -0.25) is 4.79 Å². The molecule has 1 unspecified atom stereocenters. The Morgan fingerprint density at radius 2 is 2.00 bits per heavy atom. The van der Waals surface area contributed by atoms with Crippen LogP contribution in [0.15, 0.2) is 36.4 Å². The van der Waals surface area contributed by atoms with E-state index in [1.807, 2.05) is 43.3 Å². The molecule has 1 fully saturated rings. The van der Waals surface area contributed by atoms with Gasteiger partial charge in [0.25, 0.3) is 0 Å². The normalized spacial score (nSPS) is 15.5. The number of benzene rings is 1. The van der Waals surface area contributed by atoms with Gasteiger partial charge in [0.2, 0.25) is 5.95 Å². The molecule has 3 rings (SSSR count). The lowest BCUT2D eigenvalue weighted by atomic mass is 10.0. The molecule has 2 aromatic rings. The molecule has 0 saturated carbocycles. The van der Waals surface area contributed by atoms with Crippen LogP contribution in [0.4, 0.5) is 11.8 Å². The maximum absolute atomic E-state index is 11.3. The van der Waals surface area contributed by atoms with Crippen LogP contribution in [0.1, 0.15) is 30.6 Å². The third-order valence-corrected chi connectivity index (χ3v) is 4.33. The molecule has 0 aliphatic carbocycles. The molecule has 1 aromatic heterocycles. The number of ether oxygens (including phenoxy) is 1. The number of aromatic nitrogens is 2. The molecule has 0 radical (unpaired) electrons. The quantitative estimate of drug-likeness (QED) is 0.788. The van der Waals surface area contributed by atoms with Gasteiger partial charge in [-0.05, 0) is 12.0 Å². The Labute approximate surface area is 153 Å². The molecule has 138 valence electrons. The van der Waals surface area contributed by atoms with Crippen molar-refractivity contribution in [3.05, 3.63) is 47.7 Å². The Hall–Kier alpha value is -2.67. The molecule has 0 amide bonds. The van der Waals surface area contributed by atoms with Crippen molar-refractivity contribution in [3.63, 3.8) is 0 Å². The molecule has 1 atom stereocenters. The van der Waals surface area contributed by atoms with E-state index in [0.717, 1.165) is 30.8 Å². The average molecular weight is 356 g/mol. The zero-order valence-corrected chi connectivity index (χ0v) is 14.9. The van der Waals surface area contributed by atoms with Crippen molar-refractivity contribution in [1.82, 2.24) is 9.97 Å². The van der Waals surface area contributed by atoms with E-state index in [2.05, 4.69) is 20.2 Å². The van der Waals surface area contributed by atoms with Crippen molar-refractivity contribution in [2.45, 2.75) is 25.8 Å². The number of carboxylic acids is 1. The Morgan fingerprint density at radius 3 is 2.65 bits per heavy atom. The van der Waals surface area contributed by atoms with Crippen LogP contribution in [0.25, 0.3) is 0 Å². The monoisotopic (exact) mass is 356 g/mol. The van der Waals surface area contributed by atoms with Crippen molar-refractivity contribution in [2.75, 3.05) is 36.5 Å². The van der Waals surface area contributed by atoms with E-state index in [-0.39, 0.29) is 12.5 Å². The van der Waals surface area contributed by atoms with E-state index in [9.17, 15) is 9.90 Å². The second kappa shape index (κ2) is 8.62. The molecule has 26 heavy (non-hydrogen) atoms. The van der Waals surface area contributed by atoms with E-state index in [4.69, 9.17) is 4.74 Å². The second-order valence-corrected chi connectivity index (χ2v) is 6.20. The largest absolute Gasteiger partial charge is 0.481 e. The van der Waals surface area contributed by atoms with Crippen molar-refractivity contribution in [2.24, 2.45) is 0 Å². The maximum atomic E-state index is 11.3. The predicted octanol–water partition coefficient (Wildman–Crippen LogP) is 2.50. The standard InChI is InChI=1S/C19H24N4O3/c1-2-15-12-17(22-19(20-15)23-8-10-26-11-9-23)21-16(13-18(24)25)14-6-4-3-5-7-14/h3-7,12,16H,2,8-11,13H2,1H3,(H,24,25)(H,20,21,22). The summed E-state index contributed by atoms with van der Waals surface area (Å²) in [6.45, 7) is 4.87. The minimum Gasteiger partial charge on any atom is -0.481 e. The summed E-state index contributed by atoms with van der Waals surface area (Å²) < 4.78 is 5.40. The molecule has 2 heterocycles. The fraction of sp³-hybridized carbons (Fsp3) is 0.421. The first-order chi connectivity index (χ1) is 12.7. The van der Waals surface area contributed by atoms with Crippen LogP contribution < -0.4 is 10.2 Å². The van der Waals surface area contributed by atoms with Crippen molar-refractivity contribution < 1.29 is 14.6 Å². The van der Waals surface area contributed by atoms with Gasteiger partial charge < -0.3 is 20.1 Å². The van der Waals surface area contributed by atoms with E-state index in [1.54, 1.807) is 0 Å². The summed E-state index contributed by atoms with van der Waals surface area (Å²) in [5.41, 5.74) is 1.84. The zero-order valence-electron chi connectivity index (χ0n) is 14.9. The summed E-state index contributed by atoms with van der Waals surface area (Å²) in [6.07, 6.45) is 0.756. The van der Waals surface area contributed by atoms with Gasteiger partial charge in [-0.25, -0.2) is 4.98 Å². The van der Waals surface area contributed by atoms with Gasteiger partial charge in [-0.15, -0.1) is 0 Å². The number of morpholine rings is 1. The SMILES string of the molecule is CCc1cc(NC(CC(=O)O)c2ccccc2)nc(N2CCOCC2)n1. The van der Waals surface area contributed by atoms with Gasteiger partial charge in [0.05, 0.1) is 25.7 Å². The fourth-order valence-corrected chi connectivity index (χ4v) is 2.93. The molecule has 2 N–H and O–H groups in total. The Morgan fingerprint density at radius 1 is 1.27 bits per heavy atom. The zero-order chi connectivity index (χ0) is 18.4. The minimum absolute atomic E-state index is 0.0254. The van der Waals surface area contributed by atoms with Gasteiger partial charge >= 0.3 is 5.97 Å². The number of carboxylic acid groups (broad SMARTS) is 1. The van der Waals surface area contributed by atoms with Crippen LogP contribution in [0.5, 0.6) is 0 Å². The summed E-state index contributed by atoms with van der Waals surface area (Å²) in [4.78, 5) is 22.7. The Kier molecular flexibility index (Phi) is 6.01. The number of anilines is 2. The van der Waals surface area contributed by atoms with E-state index in [0.29, 0.717) is 25.0 Å².